The summed E-state index contributed by atoms with van der Waals surface area (Å²) in [6.45, 7) is 6.06. The number of nitrogens with zero attached hydrogens (tertiary/aromatic N) is 4. The molecule has 0 aliphatic rings. The molecule has 0 unspecified atom stereocenters. The molecule has 0 aliphatic heterocycles. The number of likely N-dealkylation sites (N-methyl/N-ethyl adjacent to an activating group) is 1. The fourth-order valence-electron chi connectivity index (χ4n) is 2.06. The van der Waals surface area contributed by atoms with Crippen LogP contribution >= 0.6 is 22.9 Å². The van der Waals surface area contributed by atoms with Crippen LogP contribution in [0.4, 0.5) is 0 Å². The molecule has 0 atom stereocenters. The van der Waals surface area contributed by atoms with Crippen molar-refractivity contribution in [3.63, 3.8) is 0 Å². The van der Waals surface area contributed by atoms with E-state index in [1.54, 1.807) is 11.3 Å². The van der Waals surface area contributed by atoms with Crippen LogP contribution in [0.15, 0.2) is 11.4 Å². The summed E-state index contributed by atoms with van der Waals surface area (Å²) in [7, 11) is 4.18. The monoisotopic (exact) mass is 312 g/mol. The Labute approximate surface area is 129 Å². The molecular weight excluding hydrogens is 292 g/mol. The second-order valence-corrected chi connectivity index (χ2v) is 6.40. The molecule has 0 saturated carbocycles. The topological polar surface area (TPSA) is 32.3 Å². The molecule has 110 valence electrons. The van der Waals surface area contributed by atoms with Crippen LogP contribution in [0.3, 0.4) is 0 Å². The average molecular weight is 313 g/mol. The summed E-state index contributed by atoms with van der Waals surface area (Å²) < 4.78 is 0. The Kier molecular flexibility index (Phi) is 5.72. The van der Waals surface area contributed by atoms with Gasteiger partial charge in [-0.2, -0.15) is 0 Å². The van der Waals surface area contributed by atoms with Gasteiger partial charge in [-0.25, -0.2) is 9.97 Å². The lowest BCUT2D eigenvalue weighted by Gasteiger charge is -2.22. The standard InChI is InChI=1S/C14H21ClN4S/c1-4-6-19(8-7-18(2)3)10-12-16-13(15)11-5-9-20-14(11)17-12/h5,9H,4,6-8,10H2,1-3H3. The highest BCUT2D eigenvalue weighted by Gasteiger charge is 2.11. The predicted octanol–water partition coefficient (Wildman–Crippen LogP) is 3.12. The van der Waals surface area contributed by atoms with Crippen molar-refractivity contribution in [3.8, 4) is 0 Å². The number of halogens is 1. The third-order valence-electron chi connectivity index (χ3n) is 3.09. The summed E-state index contributed by atoms with van der Waals surface area (Å²) in [6, 6.07) is 1.97. The second-order valence-electron chi connectivity index (χ2n) is 5.15. The van der Waals surface area contributed by atoms with Crippen molar-refractivity contribution < 1.29 is 0 Å². The number of hydrogen-bond acceptors (Lipinski definition) is 5. The minimum absolute atomic E-state index is 0.565. The first kappa shape index (κ1) is 15.6. The van der Waals surface area contributed by atoms with E-state index in [4.69, 9.17) is 11.6 Å². The molecule has 2 heterocycles. The Balaban J connectivity index is 2.10. The maximum Gasteiger partial charge on any atom is 0.145 e. The predicted molar refractivity (Wildman–Crippen MR) is 86.5 cm³/mol. The van der Waals surface area contributed by atoms with Crippen LogP contribution < -0.4 is 0 Å². The number of rotatable bonds is 7. The number of hydrogen-bond donors (Lipinski definition) is 0. The van der Waals surface area contributed by atoms with Crippen molar-refractivity contribution in [1.82, 2.24) is 19.8 Å². The van der Waals surface area contributed by atoms with Gasteiger partial charge in [0.05, 0.1) is 6.54 Å². The molecule has 0 radical (unpaired) electrons. The Bertz CT molecular complexity index is 555. The highest BCUT2D eigenvalue weighted by molar-refractivity contribution is 7.16. The van der Waals surface area contributed by atoms with Crippen molar-refractivity contribution in [2.75, 3.05) is 33.7 Å². The van der Waals surface area contributed by atoms with E-state index in [2.05, 4.69) is 40.8 Å². The Morgan fingerprint density at radius 2 is 2.00 bits per heavy atom. The van der Waals surface area contributed by atoms with Gasteiger partial charge in [0.25, 0.3) is 0 Å². The third kappa shape index (κ3) is 4.12. The number of thiophene rings is 1. The second kappa shape index (κ2) is 7.31. The smallest absolute Gasteiger partial charge is 0.145 e. The maximum atomic E-state index is 6.22. The molecule has 0 aliphatic carbocycles. The molecule has 6 heteroatoms. The Morgan fingerprint density at radius 1 is 1.20 bits per heavy atom. The van der Waals surface area contributed by atoms with Gasteiger partial charge in [-0.1, -0.05) is 18.5 Å². The summed E-state index contributed by atoms with van der Waals surface area (Å²) in [5, 5.41) is 3.52. The Morgan fingerprint density at radius 3 is 2.70 bits per heavy atom. The van der Waals surface area contributed by atoms with Crippen LogP contribution in [0.2, 0.25) is 5.15 Å². The molecule has 20 heavy (non-hydrogen) atoms. The molecule has 2 rings (SSSR count). The zero-order chi connectivity index (χ0) is 14.5. The van der Waals surface area contributed by atoms with E-state index in [0.29, 0.717) is 5.15 Å². The molecule has 0 fully saturated rings. The average Bonchev–Trinajstić information content (AvgIpc) is 2.85. The summed E-state index contributed by atoms with van der Waals surface area (Å²) in [5.74, 6) is 0.817. The van der Waals surface area contributed by atoms with Crippen LogP contribution in [0.25, 0.3) is 10.2 Å². The lowest BCUT2D eigenvalue weighted by molar-refractivity contribution is 0.229. The van der Waals surface area contributed by atoms with Crippen molar-refractivity contribution in [2.24, 2.45) is 0 Å². The molecular formula is C14H21ClN4S. The van der Waals surface area contributed by atoms with E-state index in [0.717, 1.165) is 48.6 Å². The summed E-state index contributed by atoms with van der Waals surface area (Å²) in [5.41, 5.74) is 0. The maximum absolute atomic E-state index is 6.22. The lowest BCUT2D eigenvalue weighted by atomic mass is 10.3. The molecule has 0 N–H and O–H groups in total. The van der Waals surface area contributed by atoms with Crippen LogP contribution in [0.5, 0.6) is 0 Å². The Hall–Kier alpha value is -0.750. The highest BCUT2D eigenvalue weighted by atomic mass is 35.5. The van der Waals surface area contributed by atoms with E-state index in [-0.39, 0.29) is 0 Å². The van der Waals surface area contributed by atoms with Crippen LogP contribution in [-0.2, 0) is 6.54 Å². The SMILES string of the molecule is CCCN(CCN(C)C)Cc1nc(Cl)c2ccsc2n1. The van der Waals surface area contributed by atoms with Gasteiger partial charge in [0, 0.05) is 18.5 Å². The first-order valence-electron chi connectivity index (χ1n) is 6.87. The fourth-order valence-corrected chi connectivity index (χ4v) is 3.15. The fraction of sp³-hybridized carbons (Fsp3) is 0.571. The normalized spacial score (nSPS) is 11.9. The minimum atomic E-state index is 0.565. The highest BCUT2D eigenvalue weighted by Crippen LogP contribution is 2.25. The van der Waals surface area contributed by atoms with Gasteiger partial charge in [0.1, 0.15) is 15.8 Å². The zero-order valence-electron chi connectivity index (χ0n) is 12.3. The molecule has 0 amide bonds. The van der Waals surface area contributed by atoms with E-state index in [1.807, 2.05) is 11.4 Å². The third-order valence-corrected chi connectivity index (χ3v) is 4.19. The molecule has 0 saturated heterocycles. The summed E-state index contributed by atoms with van der Waals surface area (Å²) in [4.78, 5) is 14.6. The first-order valence-corrected chi connectivity index (χ1v) is 8.12. The minimum Gasteiger partial charge on any atom is -0.308 e. The van der Waals surface area contributed by atoms with Gasteiger partial charge in [0.15, 0.2) is 0 Å². The summed E-state index contributed by atoms with van der Waals surface area (Å²) >= 11 is 7.83. The van der Waals surface area contributed by atoms with Gasteiger partial charge in [0.2, 0.25) is 0 Å². The quantitative estimate of drug-likeness (QED) is 0.735. The van der Waals surface area contributed by atoms with E-state index in [9.17, 15) is 0 Å². The first-order chi connectivity index (χ1) is 9.60. The van der Waals surface area contributed by atoms with Crippen molar-refractivity contribution >= 4 is 33.2 Å². The van der Waals surface area contributed by atoms with Crippen molar-refractivity contribution in [2.45, 2.75) is 19.9 Å². The largest absolute Gasteiger partial charge is 0.308 e. The van der Waals surface area contributed by atoms with Gasteiger partial charge in [-0.15, -0.1) is 11.3 Å². The molecule has 0 spiro atoms. The lowest BCUT2D eigenvalue weighted by Crippen LogP contribution is -2.32. The van der Waals surface area contributed by atoms with E-state index >= 15 is 0 Å². The van der Waals surface area contributed by atoms with Gasteiger partial charge >= 0.3 is 0 Å². The number of aromatic nitrogens is 2. The van der Waals surface area contributed by atoms with Crippen LogP contribution in [0.1, 0.15) is 19.2 Å². The molecule has 0 aromatic carbocycles. The van der Waals surface area contributed by atoms with Crippen LogP contribution in [0, 0.1) is 0 Å². The molecule has 0 bridgehead atoms. The van der Waals surface area contributed by atoms with Crippen molar-refractivity contribution in [3.05, 3.63) is 22.4 Å². The van der Waals surface area contributed by atoms with Crippen LogP contribution in [-0.4, -0.2) is 53.5 Å². The molecule has 2 aromatic heterocycles. The van der Waals surface area contributed by atoms with Gasteiger partial charge in [-0.3, -0.25) is 4.90 Å². The van der Waals surface area contributed by atoms with E-state index in [1.165, 1.54) is 0 Å². The van der Waals surface area contributed by atoms with Gasteiger partial charge in [-0.05, 0) is 38.5 Å². The summed E-state index contributed by atoms with van der Waals surface area (Å²) in [6.07, 6.45) is 1.13. The number of fused-ring (bicyclic) bond motifs is 1. The van der Waals surface area contributed by atoms with E-state index < -0.39 is 0 Å². The zero-order valence-corrected chi connectivity index (χ0v) is 13.8. The van der Waals surface area contributed by atoms with Gasteiger partial charge < -0.3 is 4.90 Å². The van der Waals surface area contributed by atoms with Crippen molar-refractivity contribution in [1.29, 1.82) is 0 Å². The molecule has 2 aromatic rings. The molecule has 4 nitrogen and oxygen atoms in total.